The first-order valence-corrected chi connectivity index (χ1v) is 11.0. The van der Waals surface area contributed by atoms with Gasteiger partial charge in [-0.3, -0.25) is 14.4 Å². The van der Waals surface area contributed by atoms with Crippen LogP contribution in [0.3, 0.4) is 0 Å². The van der Waals surface area contributed by atoms with Gasteiger partial charge in [0.1, 0.15) is 11.9 Å². The van der Waals surface area contributed by atoms with Crippen LogP contribution in [-0.4, -0.2) is 34.7 Å². The zero-order valence-corrected chi connectivity index (χ0v) is 17.9. The first-order chi connectivity index (χ1) is 14.9. The molecule has 1 saturated heterocycles. The molecule has 1 heterocycles. The van der Waals surface area contributed by atoms with Crippen LogP contribution in [0.25, 0.3) is 0 Å². The third-order valence-corrected chi connectivity index (χ3v) is 6.32. The Bertz CT molecular complexity index is 971. The minimum absolute atomic E-state index is 0.0565. The summed E-state index contributed by atoms with van der Waals surface area (Å²) in [7, 11) is 0. The number of carbonyl (C=O) groups excluding carboxylic acids is 3. The third kappa shape index (κ3) is 4.64. The van der Waals surface area contributed by atoms with Gasteiger partial charge in [-0.1, -0.05) is 43.0 Å². The molecule has 0 aromatic heterocycles. The second-order valence-corrected chi connectivity index (χ2v) is 8.60. The lowest BCUT2D eigenvalue weighted by Gasteiger charge is -2.37. The fourth-order valence-corrected chi connectivity index (χ4v) is 4.68. The fourth-order valence-electron chi connectivity index (χ4n) is 4.55. The first kappa shape index (κ1) is 21.5. The summed E-state index contributed by atoms with van der Waals surface area (Å²) < 4.78 is 13.3. The Morgan fingerprint density at radius 3 is 2.29 bits per heavy atom. The normalized spacial score (nSPS) is 19.7. The summed E-state index contributed by atoms with van der Waals surface area (Å²) in [5, 5.41) is 0.590. The average molecular weight is 443 g/mol. The molecule has 0 radical (unpaired) electrons. The molecule has 1 saturated carbocycles. The van der Waals surface area contributed by atoms with E-state index in [4.69, 9.17) is 11.6 Å². The molecule has 1 aliphatic heterocycles. The van der Waals surface area contributed by atoms with Crippen LogP contribution < -0.4 is 4.90 Å². The topological polar surface area (TPSA) is 57.7 Å². The van der Waals surface area contributed by atoms with Gasteiger partial charge in [-0.15, -0.1) is 0 Å². The van der Waals surface area contributed by atoms with E-state index < -0.39 is 17.8 Å². The average Bonchev–Trinajstić information content (AvgIpc) is 3.05. The summed E-state index contributed by atoms with van der Waals surface area (Å²) in [6, 6.07) is 11.4. The van der Waals surface area contributed by atoms with E-state index in [1.54, 1.807) is 29.2 Å². The molecule has 4 rings (SSSR count). The van der Waals surface area contributed by atoms with Gasteiger partial charge in [-0.25, -0.2) is 9.29 Å². The van der Waals surface area contributed by atoms with Gasteiger partial charge < -0.3 is 4.90 Å². The molecule has 1 unspecified atom stereocenters. The molecule has 0 spiro atoms. The fraction of sp³-hybridized carbons (Fsp3) is 0.375. The molecule has 2 fully saturated rings. The number of nitrogens with zero attached hydrogens (tertiary/aromatic N) is 2. The second-order valence-electron chi connectivity index (χ2n) is 8.16. The van der Waals surface area contributed by atoms with E-state index in [1.165, 1.54) is 24.3 Å². The smallest absolute Gasteiger partial charge is 0.257 e. The van der Waals surface area contributed by atoms with Crippen LogP contribution >= 0.6 is 11.6 Å². The number of anilines is 1. The molecule has 1 atom stereocenters. The zero-order valence-electron chi connectivity index (χ0n) is 17.1. The largest absolute Gasteiger partial charge is 0.327 e. The van der Waals surface area contributed by atoms with Gasteiger partial charge in [0, 0.05) is 11.1 Å². The van der Waals surface area contributed by atoms with Crippen molar-refractivity contribution in [3.05, 3.63) is 64.9 Å². The molecular weight excluding hydrogens is 419 g/mol. The van der Waals surface area contributed by atoms with Crippen molar-refractivity contribution >= 4 is 35.0 Å². The molecule has 7 heteroatoms. The minimum atomic E-state index is -0.833. The third-order valence-electron chi connectivity index (χ3n) is 6.07. The molecule has 0 N–H and O–H groups in total. The Balaban J connectivity index is 1.60. The van der Waals surface area contributed by atoms with E-state index in [-0.39, 0.29) is 30.7 Å². The number of carbonyl (C=O) groups is 3. The molecule has 2 aliphatic rings. The Kier molecular flexibility index (Phi) is 6.37. The maximum atomic E-state index is 13.4. The summed E-state index contributed by atoms with van der Waals surface area (Å²) in [6.45, 7) is 0. The maximum absolute atomic E-state index is 13.4. The Hall–Kier alpha value is -2.73. The summed E-state index contributed by atoms with van der Waals surface area (Å²) in [4.78, 5) is 42.1. The molecule has 31 heavy (non-hydrogen) atoms. The molecular formula is C24H24ClFN2O3. The van der Waals surface area contributed by atoms with E-state index in [0.29, 0.717) is 10.7 Å². The minimum Gasteiger partial charge on any atom is -0.327 e. The molecule has 5 nitrogen and oxygen atoms in total. The van der Waals surface area contributed by atoms with E-state index >= 15 is 0 Å². The molecule has 2 aromatic rings. The highest BCUT2D eigenvalue weighted by Gasteiger charge is 2.46. The van der Waals surface area contributed by atoms with Crippen LogP contribution in [-0.2, 0) is 20.8 Å². The predicted octanol–water partition coefficient (Wildman–Crippen LogP) is 4.52. The van der Waals surface area contributed by atoms with Gasteiger partial charge in [0.25, 0.3) is 5.91 Å². The lowest BCUT2D eigenvalue weighted by Crippen LogP contribution is -2.51. The Morgan fingerprint density at radius 2 is 1.65 bits per heavy atom. The van der Waals surface area contributed by atoms with Crippen molar-refractivity contribution in [3.63, 3.8) is 0 Å². The zero-order chi connectivity index (χ0) is 22.0. The summed E-state index contributed by atoms with van der Waals surface area (Å²) >= 11 is 5.95. The van der Waals surface area contributed by atoms with E-state index in [2.05, 4.69) is 0 Å². The van der Waals surface area contributed by atoms with Gasteiger partial charge in [0.05, 0.1) is 18.5 Å². The highest BCUT2D eigenvalue weighted by molar-refractivity contribution is 6.30. The monoisotopic (exact) mass is 442 g/mol. The number of hydrogen-bond donors (Lipinski definition) is 0. The first-order valence-electron chi connectivity index (χ1n) is 10.6. The van der Waals surface area contributed by atoms with Crippen LogP contribution in [0, 0.1) is 5.82 Å². The van der Waals surface area contributed by atoms with Gasteiger partial charge >= 0.3 is 0 Å². The molecule has 162 valence electrons. The highest BCUT2D eigenvalue weighted by Crippen LogP contribution is 2.31. The van der Waals surface area contributed by atoms with Crippen molar-refractivity contribution in [1.29, 1.82) is 0 Å². The van der Waals surface area contributed by atoms with E-state index in [1.807, 2.05) is 0 Å². The predicted molar refractivity (Wildman–Crippen MR) is 116 cm³/mol. The van der Waals surface area contributed by atoms with Crippen molar-refractivity contribution in [2.24, 2.45) is 0 Å². The van der Waals surface area contributed by atoms with Crippen LogP contribution in [0.1, 0.15) is 44.1 Å². The standard InChI is InChI=1S/C24H24ClFN2O3/c25-17-8-6-16(7-9-17)14-22(29)27(19-4-2-1-3-5-19)21-15-23(30)28(24(21)31)20-12-10-18(26)11-13-20/h6-13,19,21H,1-5,14-15H2. The van der Waals surface area contributed by atoms with Crippen molar-refractivity contribution in [3.8, 4) is 0 Å². The Labute approximate surface area is 185 Å². The molecule has 0 bridgehead atoms. The second kappa shape index (κ2) is 9.18. The molecule has 1 aliphatic carbocycles. The quantitative estimate of drug-likeness (QED) is 0.640. The number of rotatable bonds is 5. The Morgan fingerprint density at radius 1 is 1.00 bits per heavy atom. The van der Waals surface area contributed by atoms with Crippen LogP contribution in [0.2, 0.25) is 5.02 Å². The van der Waals surface area contributed by atoms with Gasteiger partial charge in [0.2, 0.25) is 11.8 Å². The number of hydrogen-bond acceptors (Lipinski definition) is 3. The van der Waals surface area contributed by atoms with E-state index in [0.717, 1.165) is 42.6 Å². The summed E-state index contributed by atoms with van der Waals surface area (Å²) in [6.07, 6.45) is 4.82. The lowest BCUT2D eigenvalue weighted by atomic mass is 9.92. The van der Waals surface area contributed by atoms with Crippen LogP contribution in [0.15, 0.2) is 48.5 Å². The SMILES string of the molecule is O=C1CC(N(C(=O)Cc2ccc(Cl)cc2)C2CCCCC2)C(=O)N1c1ccc(F)cc1. The van der Waals surface area contributed by atoms with Crippen molar-refractivity contribution in [2.45, 2.75) is 57.0 Å². The highest BCUT2D eigenvalue weighted by atomic mass is 35.5. The molecule has 3 amide bonds. The van der Waals surface area contributed by atoms with Gasteiger partial charge in [-0.05, 0) is 54.8 Å². The summed E-state index contributed by atoms with van der Waals surface area (Å²) in [5.41, 5.74) is 1.13. The van der Waals surface area contributed by atoms with Crippen LogP contribution in [0.5, 0.6) is 0 Å². The van der Waals surface area contributed by atoms with Gasteiger partial charge in [0.15, 0.2) is 0 Å². The van der Waals surface area contributed by atoms with Gasteiger partial charge in [-0.2, -0.15) is 0 Å². The lowest BCUT2D eigenvalue weighted by molar-refractivity contribution is -0.141. The number of halogens is 2. The number of benzene rings is 2. The van der Waals surface area contributed by atoms with Crippen molar-refractivity contribution < 1.29 is 18.8 Å². The number of amides is 3. The van der Waals surface area contributed by atoms with Crippen LogP contribution in [0.4, 0.5) is 10.1 Å². The van der Waals surface area contributed by atoms with Crippen molar-refractivity contribution in [2.75, 3.05) is 4.90 Å². The van der Waals surface area contributed by atoms with Crippen molar-refractivity contribution in [1.82, 2.24) is 4.90 Å². The molecule has 2 aromatic carbocycles. The number of imide groups is 1. The summed E-state index contributed by atoms with van der Waals surface area (Å²) in [5.74, 6) is -1.41. The maximum Gasteiger partial charge on any atom is 0.257 e. The van der Waals surface area contributed by atoms with E-state index in [9.17, 15) is 18.8 Å².